The van der Waals surface area contributed by atoms with Gasteiger partial charge in [0.1, 0.15) is 6.10 Å². The van der Waals surface area contributed by atoms with Gasteiger partial charge in [0.2, 0.25) is 0 Å². The van der Waals surface area contributed by atoms with Crippen LogP contribution >= 0.6 is 0 Å². The second-order valence-corrected chi connectivity index (χ2v) is 5.63. The number of hydrogen-bond donors (Lipinski definition) is 0. The number of rotatable bonds is 7. The van der Waals surface area contributed by atoms with Crippen molar-refractivity contribution in [3.8, 4) is 0 Å². The Labute approximate surface area is 135 Å². The standard InChI is InChI=1S/C14H23N7O2/c1-12-3-4-20(16-12)6-5-19-7-10-23-13(11-19)14-15-17-18-21(14)8-9-22-2/h3-4,13H,5-11H2,1-2H3/t13-/m0/s1. The van der Waals surface area contributed by atoms with Crippen LogP contribution in [0.1, 0.15) is 17.6 Å². The zero-order chi connectivity index (χ0) is 16.1. The Balaban J connectivity index is 1.56. The topological polar surface area (TPSA) is 83.1 Å². The van der Waals surface area contributed by atoms with E-state index >= 15 is 0 Å². The van der Waals surface area contributed by atoms with Gasteiger partial charge in [0.05, 0.1) is 32.0 Å². The summed E-state index contributed by atoms with van der Waals surface area (Å²) in [4.78, 5) is 2.36. The van der Waals surface area contributed by atoms with Crippen molar-refractivity contribution in [2.75, 3.05) is 40.0 Å². The zero-order valence-electron chi connectivity index (χ0n) is 13.6. The van der Waals surface area contributed by atoms with Gasteiger partial charge in [-0.25, -0.2) is 4.68 Å². The molecule has 126 valence electrons. The van der Waals surface area contributed by atoms with Gasteiger partial charge in [0.25, 0.3) is 0 Å². The average Bonchev–Trinajstić information content (AvgIpc) is 3.20. The SMILES string of the molecule is COCCn1nnnc1[C@@H]1CN(CCn2ccc(C)n2)CCO1. The molecule has 0 N–H and O–H groups in total. The summed E-state index contributed by atoms with van der Waals surface area (Å²) < 4.78 is 14.7. The minimum atomic E-state index is -0.102. The van der Waals surface area contributed by atoms with Crippen LogP contribution in [0, 0.1) is 6.92 Å². The van der Waals surface area contributed by atoms with Gasteiger partial charge < -0.3 is 9.47 Å². The molecule has 1 aliphatic rings. The molecular weight excluding hydrogens is 298 g/mol. The van der Waals surface area contributed by atoms with Gasteiger partial charge in [-0.1, -0.05) is 0 Å². The zero-order valence-corrected chi connectivity index (χ0v) is 13.6. The molecule has 0 bridgehead atoms. The highest BCUT2D eigenvalue weighted by atomic mass is 16.5. The summed E-state index contributed by atoms with van der Waals surface area (Å²) in [7, 11) is 1.67. The lowest BCUT2D eigenvalue weighted by atomic mass is 10.2. The van der Waals surface area contributed by atoms with E-state index in [-0.39, 0.29) is 6.10 Å². The van der Waals surface area contributed by atoms with Gasteiger partial charge in [-0.3, -0.25) is 9.58 Å². The van der Waals surface area contributed by atoms with Crippen molar-refractivity contribution in [3.63, 3.8) is 0 Å². The first-order valence-electron chi connectivity index (χ1n) is 7.85. The number of methoxy groups -OCH3 is 1. The van der Waals surface area contributed by atoms with Crippen molar-refractivity contribution in [2.24, 2.45) is 0 Å². The lowest BCUT2D eigenvalue weighted by molar-refractivity contribution is -0.0378. The molecule has 0 saturated carbocycles. The summed E-state index contributed by atoms with van der Waals surface area (Å²) in [5, 5.41) is 16.3. The maximum Gasteiger partial charge on any atom is 0.181 e. The molecule has 1 saturated heterocycles. The van der Waals surface area contributed by atoms with Crippen LogP contribution < -0.4 is 0 Å². The van der Waals surface area contributed by atoms with Crippen molar-refractivity contribution < 1.29 is 9.47 Å². The third-order valence-corrected chi connectivity index (χ3v) is 3.92. The molecule has 9 heteroatoms. The van der Waals surface area contributed by atoms with Crippen LogP contribution in [0.5, 0.6) is 0 Å². The fraction of sp³-hybridized carbons (Fsp3) is 0.714. The molecule has 1 aliphatic heterocycles. The fourth-order valence-corrected chi connectivity index (χ4v) is 2.67. The van der Waals surface area contributed by atoms with Crippen molar-refractivity contribution in [3.05, 3.63) is 23.8 Å². The van der Waals surface area contributed by atoms with Crippen molar-refractivity contribution in [1.82, 2.24) is 34.9 Å². The first-order chi connectivity index (χ1) is 11.3. The molecule has 1 fully saturated rings. The smallest absolute Gasteiger partial charge is 0.181 e. The van der Waals surface area contributed by atoms with E-state index in [9.17, 15) is 0 Å². The van der Waals surface area contributed by atoms with E-state index in [0.717, 1.165) is 37.7 Å². The second kappa shape index (κ2) is 7.62. The molecule has 0 spiro atoms. The largest absolute Gasteiger partial charge is 0.383 e. The highest BCUT2D eigenvalue weighted by Gasteiger charge is 2.26. The van der Waals surface area contributed by atoms with Gasteiger partial charge in [-0.2, -0.15) is 5.10 Å². The van der Waals surface area contributed by atoms with Crippen molar-refractivity contribution in [2.45, 2.75) is 26.1 Å². The average molecular weight is 321 g/mol. The minimum Gasteiger partial charge on any atom is -0.383 e. The van der Waals surface area contributed by atoms with Crippen LogP contribution in [-0.2, 0) is 22.6 Å². The fourth-order valence-electron chi connectivity index (χ4n) is 2.67. The normalized spacial score (nSPS) is 19.3. The van der Waals surface area contributed by atoms with Crippen LogP contribution in [0.3, 0.4) is 0 Å². The Morgan fingerprint density at radius 2 is 2.26 bits per heavy atom. The first kappa shape index (κ1) is 16.0. The van der Waals surface area contributed by atoms with E-state index in [2.05, 4.69) is 25.5 Å². The number of nitrogens with zero attached hydrogens (tertiary/aromatic N) is 7. The van der Waals surface area contributed by atoms with Crippen LogP contribution in [0.4, 0.5) is 0 Å². The Morgan fingerprint density at radius 1 is 1.35 bits per heavy atom. The number of hydrogen-bond acceptors (Lipinski definition) is 7. The van der Waals surface area contributed by atoms with E-state index in [4.69, 9.17) is 9.47 Å². The number of aromatic nitrogens is 6. The Kier molecular flexibility index (Phi) is 5.31. The van der Waals surface area contributed by atoms with E-state index in [1.54, 1.807) is 11.8 Å². The maximum atomic E-state index is 5.86. The molecule has 0 radical (unpaired) electrons. The predicted molar refractivity (Wildman–Crippen MR) is 81.8 cm³/mol. The third-order valence-electron chi connectivity index (χ3n) is 3.92. The minimum absolute atomic E-state index is 0.102. The molecule has 3 heterocycles. The summed E-state index contributed by atoms with van der Waals surface area (Å²) in [6, 6.07) is 2.02. The molecule has 0 amide bonds. The van der Waals surface area contributed by atoms with Gasteiger partial charge >= 0.3 is 0 Å². The summed E-state index contributed by atoms with van der Waals surface area (Å²) in [6.45, 7) is 7.39. The number of ether oxygens (including phenoxy) is 2. The van der Waals surface area contributed by atoms with Gasteiger partial charge in [-0.15, -0.1) is 5.10 Å². The lowest BCUT2D eigenvalue weighted by Crippen LogP contribution is -2.41. The molecule has 23 heavy (non-hydrogen) atoms. The van der Waals surface area contributed by atoms with E-state index < -0.39 is 0 Å². The summed E-state index contributed by atoms with van der Waals surface area (Å²) >= 11 is 0. The predicted octanol–water partition coefficient (Wildman–Crippen LogP) is -0.102. The van der Waals surface area contributed by atoms with Crippen LogP contribution in [-0.4, -0.2) is 74.8 Å². The molecular formula is C14H23N7O2. The molecule has 3 rings (SSSR count). The molecule has 0 aliphatic carbocycles. The van der Waals surface area contributed by atoms with E-state index in [1.165, 1.54) is 0 Å². The van der Waals surface area contributed by atoms with Gasteiger partial charge in [-0.05, 0) is 23.4 Å². The van der Waals surface area contributed by atoms with Crippen LogP contribution in [0.2, 0.25) is 0 Å². The summed E-state index contributed by atoms with van der Waals surface area (Å²) in [5.41, 5.74) is 1.04. The van der Waals surface area contributed by atoms with Crippen LogP contribution in [0.15, 0.2) is 12.3 Å². The number of aryl methyl sites for hydroxylation is 1. The Bertz CT molecular complexity index is 612. The first-order valence-corrected chi connectivity index (χ1v) is 7.85. The molecule has 9 nitrogen and oxygen atoms in total. The highest BCUT2D eigenvalue weighted by molar-refractivity contribution is 4.95. The van der Waals surface area contributed by atoms with Crippen LogP contribution in [0.25, 0.3) is 0 Å². The highest BCUT2D eigenvalue weighted by Crippen LogP contribution is 2.19. The Hall–Kier alpha value is -1.84. The summed E-state index contributed by atoms with van der Waals surface area (Å²) in [6.07, 6.45) is 1.91. The van der Waals surface area contributed by atoms with Gasteiger partial charge in [0, 0.05) is 32.9 Å². The number of tetrazole rings is 1. The number of morpholine rings is 1. The molecule has 2 aromatic rings. The molecule has 2 aromatic heterocycles. The van der Waals surface area contributed by atoms with E-state index in [0.29, 0.717) is 19.8 Å². The lowest BCUT2D eigenvalue weighted by Gasteiger charge is -2.32. The summed E-state index contributed by atoms with van der Waals surface area (Å²) in [5.74, 6) is 0.765. The quantitative estimate of drug-likeness (QED) is 0.704. The molecule has 0 aromatic carbocycles. The second-order valence-electron chi connectivity index (χ2n) is 5.63. The van der Waals surface area contributed by atoms with Crippen molar-refractivity contribution in [1.29, 1.82) is 0 Å². The van der Waals surface area contributed by atoms with Gasteiger partial charge in [0.15, 0.2) is 5.82 Å². The maximum absolute atomic E-state index is 5.86. The third kappa shape index (κ3) is 4.12. The van der Waals surface area contributed by atoms with Crippen molar-refractivity contribution >= 4 is 0 Å². The Morgan fingerprint density at radius 3 is 3.04 bits per heavy atom. The molecule has 1 atom stereocenters. The van der Waals surface area contributed by atoms with E-state index in [1.807, 2.05) is 23.9 Å². The molecule has 0 unspecified atom stereocenters. The monoisotopic (exact) mass is 321 g/mol.